The first-order valence-corrected chi connectivity index (χ1v) is 11.2. The van der Waals surface area contributed by atoms with Gasteiger partial charge in [-0.15, -0.1) is 0 Å². The second-order valence-corrected chi connectivity index (χ2v) is 9.08. The molecule has 1 N–H and O–H groups in total. The van der Waals surface area contributed by atoms with E-state index in [0.717, 1.165) is 36.4 Å². The van der Waals surface area contributed by atoms with Crippen molar-refractivity contribution < 1.29 is 94.8 Å². The summed E-state index contributed by atoms with van der Waals surface area (Å²) in [7, 11) is -10.2. The van der Waals surface area contributed by atoms with Gasteiger partial charge < -0.3 is 14.4 Å². The molecule has 0 aliphatic rings. The average molecular weight is 510 g/mol. The van der Waals surface area contributed by atoms with Crippen molar-refractivity contribution in [2.24, 2.45) is 0 Å². The van der Waals surface area contributed by atoms with Gasteiger partial charge in [0.2, 0.25) is 0 Å². The van der Waals surface area contributed by atoms with Crippen LogP contribution in [0.4, 0.5) is 11.4 Å². The van der Waals surface area contributed by atoms with Crippen molar-refractivity contribution in [1.82, 2.24) is 0 Å². The molecule has 11 nitrogen and oxygen atoms in total. The van der Waals surface area contributed by atoms with Crippen molar-refractivity contribution in [3.63, 3.8) is 0 Å². The zero-order chi connectivity index (χ0) is 23.1. The Bertz CT molecular complexity index is 1470. The van der Waals surface area contributed by atoms with Crippen LogP contribution >= 0.6 is 0 Å². The molecule has 3 aromatic rings. The van der Waals surface area contributed by atoms with Crippen molar-refractivity contribution in [3.05, 3.63) is 69.8 Å². The van der Waals surface area contributed by atoms with E-state index in [0.29, 0.717) is 5.56 Å². The quantitative estimate of drug-likeness (QED) is 0.155. The summed E-state index contributed by atoms with van der Waals surface area (Å²) >= 11 is 0. The molecule has 0 aromatic heterocycles. The largest absolute Gasteiger partial charge is 1.00 e. The van der Waals surface area contributed by atoms with Crippen molar-refractivity contribution in [2.45, 2.75) is 16.7 Å². The molecule has 0 spiro atoms. The van der Waals surface area contributed by atoms with Crippen LogP contribution in [0.2, 0.25) is 0 Å². The van der Waals surface area contributed by atoms with E-state index < -0.39 is 46.5 Å². The van der Waals surface area contributed by atoms with Gasteiger partial charge in [0.25, 0.3) is 11.6 Å². The summed E-state index contributed by atoms with van der Waals surface area (Å²) in [6.07, 6.45) is 0. The Hall–Kier alpha value is -1.39. The van der Waals surface area contributed by atoms with Gasteiger partial charge >= 0.3 is 59.1 Å². The molecule has 3 aromatic carbocycles. The van der Waals surface area contributed by atoms with Crippen LogP contribution in [0.1, 0.15) is 15.9 Å². The van der Waals surface area contributed by atoms with Crippen LogP contribution < -0.4 is 64.4 Å². The summed E-state index contributed by atoms with van der Waals surface area (Å²) in [5, 5.41) is 12.6. The number of aryl methyl sites for hydroxylation is 1. The Morgan fingerprint density at radius 2 is 1.55 bits per heavy atom. The van der Waals surface area contributed by atoms with Gasteiger partial charge in [0.15, 0.2) is 0 Å². The Labute approximate surface area is 232 Å². The molecule has 0 unspecified atom stereocenters. The third-order valence-corrected chi connectivity index (χ3v) is 6.24. The number of nitrogens with zero attached hydrogens (tertiary/aromatic N) is 1. The van der Waals surface area contributed by atoms with Gasteiger partial charge in [-0.05, 0) is 25.1 Å². The smallest absolute Gasteiger partial charge is 0.744 e. The number of hydrogen-bond acceptors (Lipinski definition) is 9. The fourth-order valence-electron chi connectivity index (χ4n) is 3.03. The van der Waals surface area contributed by atoms with Crippen molar-refractivity contribution in [1.29, 1.82) is 0 Å². The number of rotatable bonds is 5. The van der Waals surface area contributed by atoms with Crippen LogP contribution in [-0.4, -0.2) is 36.8 Å². The van der Waals surface area contributed by atoms with E-state index in [9.17, 15) is 40.8 Å². The number of carbonyl (C=O) groups is 1. The molecule has 3 rings (SSSR count). The molecular formula is C18H12N2Na2O9S2. The minimum Gasteiger partial charge on any atom is -0.744 e. The summed E-state index contributed by atoms with van der Waals surface area (Å²) < 4.78 is 70.1. The van der Waals surface area contributed by atoms with Gasteiger partial charge in [0, 0.05) is 28.0 Å². The minimum absolute atomic E-state index is 0. The van der Waals surface area contributed by atoms with E-state index >= 15 is 0 Å². The number of anilines is 1. The maximum absolute atomic E-state index is 12.6. The maximum Gasteiger partial charge on any atom is 1.00 e. The molecule has 0 aliphatic heterocycles. The van der Waals surface area contributed by atoms with E-state index in [1.165, 1.54) is 19.1 Å². The number of nitro groups is 1. The third-order valence-electron chi connectivity index (χ3n) is 4.41. The fourth-order valence-corrected chi connectivity index (χ4v) is 4.56. The second-order valence-electron chi connectivity index (χ2n) is 6.41. The van der Waals surface area contributed by atoms with E-state index in [4.69, 9.17) is 0 Å². The molecule has 15 heteroatoms. The van der Waals surface area contributed by atoms with Crippen LogP contribution in [0.3, 0.4) is 0 Å². The van der Waals surface area contributed by atoms with Gasteiger partial charge in [-0.1, -0.05) is 24.3 Å². The van der Waals surface area contributed by atoms with Crippen LogP contribution in [0.25, 0.3) is 10.8 Å². The van der Waals surface area contributed by atoms with Crippen LogP contribution in [-0.2, 0) is 20.2 Å². The Morgan fingerprint density at radius 3 is 2.09 bits per heavy atom. The molecular weight excluding hydrogens is 498 g/mol. The summed E-state index contributed by atoms with van der Waals surface area (Å²) in [6.45, 7) is 1.47. The second kappa shape index (κ2) is 10.9. The molecule has 162 valence electrons. The topological polar surface area (TPSA) is 187 Å². The first-order valence-electron chi connectivity index (χ1n) is 8.34. The minimum atomic E-state index is -5.25. The van der Waals surface area contributed by atoms with Crippen LogP contribution in [0, 0.1) is 17.0 Å². The molecule has 0 radical (unpaired) electrons. The van der Waals surface area contributed by atoms with Gasteiger partial charge in [0.1, 0.15) is 20.2 Å². The molecule has 0 fully saturated rings. The maximum atomic E-state index is 12.6. The molecule has 1 amide bonds. The van der Waals surface area contributed by atoms with Crippen LogP contribution in [0.15, 0.2) is 58.3 Å². The predicted octanol–water partition coefficient (Wildman–Crippen LogP) is -3.88. The average Bonchev–Trinajstić information content (AvgIpc) is 2.65. The summed E-state index contributed by atoms with van der Waals surface area (Å²) in [5.41, 5.74) is -0.701. The molecule has 0 bridgehead atoms. The van der Waals surface area contributed by atoms with Gasteiger partial charge in [-0.25, -0.2) is 16.8 Å². The zero-order valence-electron chi connectivity index (χ0n) is 17.6. The van der Waals surface area contributed by atoms with Crippen molar-refractivity contribution >= 4 is 48.3 Å². The Kier molecular flexibility index (Phi) is 9.79. The monoisotopic (exact) mass is 510 g/mol. The number of benzene rings is 3. The van der Waals surface area contributed by atoms with E-state index in [-0.39, 0.29) is 81.1 Å². The number of nitro benzene ring substituents is 1. The van der Waals surface area contributed by atoms with Gasteiger partial charge in [-0.3, -0.25) is 14.9 Å². The van der Waals surface area contributed by atoms with E-state index in [2.05, 4.69) is 5.32 Å². The Morgan fingerprint density at radius 1 is 0.909 bits per heavy atom. The number of hydrogen-bond donors (Lipinski definition) is 1. The first-order chi connectivity index (χ1) is 14.3. The van der Waals surface area contributed by atoms with Gasteiger partial charge in [-0.2, -0.15) is 0 Å². The molecule has 0 heterocycles. The number of carbonyl (C=O) groups excluding carboxylic acids is 1. The van der Waals surface area contributed by atoms with E-state index in [1.54, 1.807) is 0 Å². The zero-order valence-corrected chi connectivity index (χ0v) is 23.2. The van der Waals surface area contributed by atoms with Crippen LogP contribution in [0.5, 0.6) is 0 Å². The van der Waals surface area contributed by atoms with Gasteiger partial charge in [0.05, 0.1) is 20.4 Å². The number of fused-ring (bicyclic) bond motifs is 1. The Balaban J connectivity index is 0.00000272. The van der Waals surface area contributed by atoms with Crippen molar-refractivity contribution in [2.75, 3.05) is 5.32 Å². The normalized spacial score (nSPS) is 11.2. The SMILES string of the molecule is Cc1ccc(C(=O)Nc2ccc3c(S(=O)(=O)[O-])cccc3c2S(=O)(=O)[O-])cc1[N+](=O)[O-].[Na+].[Na+]. The molecule has 0 atom stereocenters. The van der Waals surface area contributed by atoms with Crippen molar-refractivity contribution in [3.8, 4) is 0 Å². The number of amides is 1. The fraction of sp³-hybridized carbons (Fsp3) is 0.0556. The standard InChI is InChI=1S/C18H14N2O9S2.2Na/c1-10-5-6-11(9-15(10)20(22)23)18(21)19-14-8-7-12-13(17(14)31(27,28)29)3-2-4-16(12)30(24,25)26;;/h2-9H,1H3,(H,19,21)(H,24,25,26)(H,27,28,29);;/q;2*+1/p-2. The van der Waals surface area contributed by atoms with E-state index in [1.807, 2.05) is 0 Å². The molecule has 0 saturated carbocycles. The third kappa shape index (κ3) is 6.39. The molecule has 0 saturated heterocycles. The summed E-state index contributed by atoms with van der Waals surface area (Å²) in [6, 6.07) is 8.76. The first kappa shape index (κ1) is 29.6. The molecule has 33 heavy (non-hydrogen) atoms. The summed E-state index contributed by atoms with van der Waals surface area (Å²) in [5.74, 6) is -0.944. The number of nitrogens with one attached hydrogen (secondary N) is 1. The summed E-state index contributed by atoms with van der Waals surface area (Å²) in [4.78, 5) is 21.3. The predicted molar refractivity (Wildman–Crippen MR) is 106 cm³/mol. The molecule has 0 aliphatic carbocycles.